The fourth-order valence-electron chi connectivity index (χ4n) is 4.07. The number of ketones is 1. The lowest BCUT2D eigenvalue weighted by molar-refractivity contribution is 0.0998. The summed E-state index contributed by atoms with van der Waals surface area (Å²) in [7, 11) is 1.61. The molecule has 7 heteroatoms. The first-order chi connectivity index (χ1) is 16.2. The number of methoxy groups -OCH3 is 1. The Kier molecular flexibility index (Phi) is 6.53. The third kappa shape index (κ3) is 5.02. The van der Waals surface area contributed by atoms with Crippen LogP contribution in [0.2, 0.25) is 5.02 Å². The van der Waals surface area contributed by atoms with Gasteiger partial charge >= 0.3 is 0 Å². The summed E-state index contributed by atoms with van der Waals surface area (Å²) in [6.07, 6.45) is 0.921. The maximum absolute atomic E-state index is 14.0. The van der Waals surface area contributed by atoms with E-state index in [1.165, 1.54) is 18.2 Å². The van der Waals surface area contributed by atoms with Gasteiger partial charge in [0.05, 0.1) is 35.4 Å². The molecule has 5 nitrogen and oxygen atoms in total. The molecule has 0 saturated heterocycles. The smallest absolute Gasteiger partial charge is 0.260 e. The quantitative estimate of drug-likeness (QED) is 0.433. The number of benzene rings is 3. The van der Waals surface area contributed by atoms with Crippen molar-refractivity contribution in [3.8, 4) is 5.75 Å². The molecule has 0 bridgehead atoms. The number of halogens is 2. The number of carbonyl (C=O) groups is 2. The molecule has 34 heavy (non-hydrogen) atoms. The minimum atomic E-state index is -0.704. The molecule has 0 fully saturated rings. The van der Waals surface area contributed by atoms with Gasteiger partial charge in [-0.15, -0.1) is 0 Å². The molecule has 0 saturated carbocycles. The van der Waals surface area contributed by atoms with Gasteiger partial charge in [0, 0.05) is 16.8 Å². The highest BCUT2D eigenvalue weighted by atomic mass is 35.5. The molecule has 174 valence electrons. The number of anilines is 1. The van der Waals surface area contributed by atoms with Crippen molar-refractivity contribution in [2.75, 3.05) is 12.4 Å². The van der Waals surface area contributed by atoms with Crippen LogP contribution in [0.15, 0.2) is 65.7 Å². The van der Waals surface area contributed by atoms with Crippen molar-refractivity contribution in [3.63, 3.8) is 0 Å². The zero-order valence-corrected chi connectivity index (χ0v) is 19.9. The number of amides is 1. The Morgan fingerprint density at radius 2 is 1.85 bits per heavy atom. The van der Waals surface area contributed by atoms with Crippen molar-refractivity contribution in [2.24, 2.45) is 4.99 Å². The Morgan fingerprint density at radius 1 is 1.12 bits per heavy atom. The van der Waals surface area contributed by atoms with E-state index in [2.05, 4.69) is 5.32 Å². The van der Waals surface area contributed by atoms with Crippen molar-refractivity contribution in [3.05, 3.63) is 93.8 Å². The number of hydrogen-bond acceptors (Lipinski definition) is 4. The van der Waals surface area contributed by atoms with E-state index in [9.17, 15) is 14.0 Å². The van der Waals surface area contributed by atoms with E-state index in [0.29, 0.717) is 17.0 Å². The SMILES string of the molecule is COc1ccc2c(c1)C(CC(=O)c1ccc(NC(=O)c3c(F)cccc3Cl)cc1)=NC(C)(C)C2. The standard InChI is InChI=1S/C27H24ClFN2O3/c1-27(2)15-17-9-12-19(34-3)13-20(17)23(31-27)14-24(32)16-7-10-18(11-8-16)30-26(33)25-21(28)5-4-6-22(25)29/h4-13H,14-15H2,1-3H3,(H,30,33). The maximum atomic E-state index is 14.0. The van der Waals surface area contributed by atoms with Crippen molar-refractivity contribution in [2.45, 2.75) is 32.2 Å². The number of rotatable bonds is 6. The first-order valence-corrected chi connectivity index (χ1v) is 11.2. The van der Waals surface area contributed by atoms with Crippen LogP contribution in [0.4, 0.5) is 10.1 Å². The molecule has 1 N–H and O–H groups in total. The largest absolute Gasteiger partial charge is 0.497 e. The summed E-state index contributed by atoms with van der Waals surface area (Å²) in [6, 6.07) is 16.4. The minimum absolute atomic E-state index is 0.0254. The van der Waals surface area contributed by atoms with Crippen molar-refractivity contribution >= 4 is 34.7 Å². The number of nitrogens with zero attached hydrogens (tertiary/aromatic N) is 1. The molecule has 1 aliphatic heterocycles. The van der Waals surface area contributed by atoms with Crippen LogP contribution >= 0.6 is 11.6 Å². The van der Waals surface area contributed by atoms with Crippen molar-refractivity contribution in [1.29, 1.82) is 0 Å². The van der Waals surface area contributed by atoms with Gasteiger partial charge in [-0.3, -0.25) is 14.6 Å². The molecule has 0 radical (unpaired) electrons. The van der Waals surface area contributed by atoms with Crippen LogP contribution in [0.1, 0.15) is 52.1 Å². The molecule has 4 rings (SSSR count). The van der Waals surface area contributed by atoms with E-state index < -0.39 is 11.7 Å². The molecule has 0 aromatic heterocycles. The summed E-state index contributed by atoms with van der Waals surface area (Å²) in [5, 5.41) is 2.64. The minimum Gasteiger partial charge on any atom is -0.497 e. The Hall–Kier alpha value is -3.51. The summed E-state index contributed by atoms with van der Waals surface area (Å²) in [4.78, 5) is 30.3. The van der Waals surface area contributed by atoms with Crippen LogP contribution in [0.25, 0.3) is 0 Å². The summed E-state index contributed by atoms with van der Waals surface area (Å²) in [6.45, 7) is 4.09. The van der Waals surface area contributed by atoms with Gasteiger partial charge in [0.25, 0.3) is 5.91 Å². The lowest BCUT2D eigenvalue weighted by Gasteiger charge is -2.29. The van der Waals surface area contributed by atoms with Crippen LogP contribution < -0.4 is 10.1 Å². The Balaban J connectivity index is 1.51. The number of Topliss-reactive ketones (excluding diaryl/α,β-unsaturated/α-hetero) is 1. The van der Waals surface area contributed by atoms with Crippen molar-refractivity contribution in [1.82, 2.24) is 0 Å². The van der Waals surface area contributed by atoms with E-state index in [0.717, 1.165) is 23.3 Å². The highest BCUT2D eigenvalue weighted by Crippen LogP contribution is 2.31. The number of carbonyl (C=O) groups excluding carboxylic acids is 2. The van der Waals surface area contributed by atoms with Crippen molar-refractivity contribution < 1.29 is 18.7 Å². The van der Waals surface area contributed by atoms with Crippen LogP contribution in [0, 0.1) is 5.82 Å². The average molecular weight is 479 g/mol. The highest BCUT2D eigenvalue weighted by molar-refractivity contribution is 6.34. The van der Waals surface area contributed by atoms with Gasteiger partial charge in [-0.1, -0.05) is 23.7 Å². The molecule has 0 atom stereocenters. The molecular formula is C27H24ClFN2O3. The van der Waals surface area contributed by atoms with Crippen LogP contribution in [-0.4, -0.2) is 30.1 Å². The second-order valence-corrected chi connectivity index (χ2v) is 9.21. The van der Waals surface area contributed by atoms with Gasteiger partial charge < -0.3 is 10.1 Å². The predicted molar refractivity (Wildman–Crippen MR) is 132 cm³/mol. The normalized spacial score (nSPS) is 14.1. The second-order valence-electron chi connectivity index (χ2n) is 8.80. The predicted octanol–water partition coefficient (Wildman–Crippen LogP) is 6.14. The summed E-state index contributed by atoms with van der Waals surface area (Å²) >= 11 is 5.96. The lowest BCUT2D eigenvalue weighted by atomic mass is 9.85. The molecule has 1 amide bonds. The summed E-state index contributed by atoms with van der Waals surface area (Å²) in [5.74, 6) is -0.745. The van der Waals surface area contributed by atoms with Gasteiger partial charge in [0.1, 0.15) is 11.6 Å². The highest BCUT2D eigenvalue weighted by Gasteiger charge is 2.28. The molecule has 3 aromatic carbocycles. The third-order valence-corrected chi connectivity index (χ3v) is 5.99. The summed E-state index contributed by atoms with van der Waals surface area (Å²) < 4.78 is 19.4. The van der Waals surface area contributed by atoms with E-state index in [4.69, 9.17) is 21.3 Å². The van der Waals surface area contributed by atoms with E-state index >= 15 is 0 Å². The number of hydrogen-bond donors (Lipinski definition) is 1. The number of nitrogens with one attached hydrogen (secondary N) is 1. The van der Waals surface area contributed by atoms with Gasteiger partial charge in [-0.2, -0.15) is 0 Å². The molecule has 0 spiro atoms. The number of aliphatic imine (C=N–C) groups is 1. The van der Waals surface area contributed by atoms with Gasteiger partial charge in [-0.25, -0.2) is 4.39 Å². The van der Waals surface area contributed by atoms with E-state index in [-0.39, 0.29) is 28.3 Å². The molecule has 1 heterocycles. The monoisotopic (exact) mass is 478 g/mol. The molecule has 1 aliphatic rings. The summed E-state index contributed by atoms with van der Waals surface area (Å²) in [5.41, 5.74) is 3.16. The topological polar surface area (TPSA) is 67.8 Å². The fourth-order valence-corrected chi connectivity index (χ4v) is 4.32. The average Bonchev–Trinajstić information content (AvgIpc) is 2.78. The first-order valence-electron chi connectivity index (χ1n) is 10.8. The van der Waals surface area contributed by atoms with Gasteiger partial charge in [-0.05, 0) is 74.4 Å². The molecule has 0 aliphatic carbocycles. The Bertz CT molecular complexity index is 1280. The second kappa shape index (κ2) is 9.39. The number of fused-ring (bicyclic) bond motifs is 1. The maximum Gasteiger partial charge on any atom is 0.260 e. The number of ether oxygens (including phenoxy) is 1. The zero-order chi connectivity index (χ0) is 24.5. The zero-order valence-electron chi connectivity index (χ0n) is 19.1. The first kappa shape index (κ1) is 23.6. The third-order valence-electron chi connectivity index (χ3n) is 5.67. The van der Waals surface area contributed by atoms with Crippen LogP contribution in [0.5, 0.6) is 5.75 Å². The van der Waals surface area contributed by atoms with Crippen LogP contribution in [-0.2, 0) is 6.42 Å². The van der Waals surface area contributed by atoms with Crippen LogP contribution in [0.3, 0.4) is 0 Å². The Morgan fingerprint density at radius 3 is 2.53 bits per heavy atom. The Labute approximate surface area is 202 Å². The fraction of sp³-hybridized carbons (Fsp3) is 0.222. The lowest BCUT2D eigenvalue weighted by Crippen LogP contribution is -2.30. The van der Waals surface area contributed by atoms with E-state index in [1.807, 2.05) is 32.0 Å². The van der Waals surface area contributed by atoms with E-state index in [1.54, 1.807) is 31.4 Å². The molecular weight excluding hydrogens is 455 g/mol. The molecule has 3 aromatic rings. The molecule has 0 unspecified atom stereocenters. The van der Waals surface area contributed by atoms with Gasteiger partial charge in [0.2, 0.25) is 0 Å². The van der Waals surface area contributed by atoms with Gasteiger partial charge in [0.15, 0.2) is 5.78 Å².